The van der Waals surface area contributed by atoms with Crippen molar-refractivity contribution in [2.24, 2.45) is 5.92 Å². The normalized spacial score (nSPS) is 14.4. The van der Waals surface area contributed by atoms with E-state index in [0.29, 0.717) is 5.95 Å². The summed E-state index contributed by atoms with van der Waals surface area (Å²) in [5, 5.41) is 6.29. The molecule has 2 heterocycles. The Labute approximate surface area is 177 Å². The molecule has 6 heteroatoms. The third-order valence-electron chi connectivity index (χ3n) is 5.53. The summed E-state index contributed by atoms with van der Waals surface area (Å²) in [6.07, 6.45) is 12.6. The molecule has 1 amide bonds. The highest BCUT2D eigenvalue weighted by Gasteiger charge is 2.21. The van der Waals surface area contributed by atoms with Crippen molar-refractivity contribution >= 4 is 11.9 Å². The van der Waals surface area contributed by atoms with Crippen LogP contribution in [0, 0.1) is 5.92 Å². The number of hydrogen-bond donors (Lipinski definition) is 2. The van der Waals surface area contributed by atoms with Crippen LogP contribution in [0.3, 0.4) is 0 Å². The van der Waals surface area contributed by atoms with Gasteiger partial charge in [0.25, 0.3) is 0 Å². The van der Waals surface area contributed by atoms with Crippen molar-refractivity contribution in [3.63, 3.8) is 0 Å². The number of nitrogens with zero attached hydrogens (tertiary/aromatic N) is 3. The Kier molecular flexibility index (Phi) is 6.77. The molecule has 1 aromatic carbocycles. The van der Waals surface area contributed by atoms with Crippen LogP contribution >= 0.6 is 0 Å². The molecule has 3 aromatic rings. The zero-order chi connectivity index (χ0) is 20.6. The van der Waals surface area contributed by atoms with Gasteiger partial charge in [-0.3, -0.25) is 15.1 Å². The van der Waals surface area contributed by atoms with Crippen LogP contribution in [0.1, 0.15) is 43.2 Å². The first-order valence-corrected chi connectivity index (χ1v) is 10.6. The van der Waals surface area contributed by atoms with E-state index in [1.165, 1.54) is 17.5 Å². The fourth-order valence-electron chi connectivity index (χ4n) is 3.79. The van der Waals surface area contributed by atoms with Crippen LogP contribution in [0.15, 0.2) is 61.2 Å². The van der Waals surface area contributed by atoms with E-state index in [2.05, 4.69) is 55.9 Å². The lowest BCUT2D eigenvalue weighted by molar-refractivity contribution is -0.120. The summed E-state index contributed by atoms with van der Waals surface area (Å²) in [5.41, 5.74) is 4.36. The van der Waals surface area contributed by atoms with Crippen molar-refractivity contribution in [3.8, 4) is 11.1 Å². The van der Waals surface area contributed by atoms with E-state index in [1.54, 1.807) is 18.6 Å². The summed E-state index contributed by atoms with van der Waals surface area (Å²) in [6, 6.07) is 12.3. The maximum absolute atomic E-state index is 12.3. The molecule has 1 fully saturated rings. The van der Waals surface area contributed by atoms with Gasteiger partial charge in [0.15, 0.2) is 0 Å². The topological polar surface area (TPSA) is 79.8 Å². The maximum atomic E-state index is 12.3. The molecule has 0 atom stereocenters. The second-order valence-electron chi connectivity index (χ2n) is 7.78. The van der Waals surface area contributed by atoms with Crippen LogP contribution in [-0.2, 0) is 17.9 Å². The van der Waals surface area contributed by atoms with Crippen LogP contribution in [0.5, 0.6) is 0 Å². The highest BCUT2D eigenvalue weighted by Crippen LogP contribution is 2.25. The van der Waals surface area contributed by atoms with Crippen molar-refractivity contribution in [1.29, 1.82) is 0 Å². The molecular weight excluding hydrogens is 374 g/mol. The molecule has 4 rings (SSSR count). The van der Waals surface area contributed by atoms with E-state index < -0.39 is 0 Å². The molecule has 0 aliphatic heterocycles. The monoisotopic (exact) mass is 401 g/mol. The largest absolute Gasteiger partial charge is 0.309 e. The summed E-state index contributed by atoms with van der Waals surface area (Å²) in [4.78, 5) is 25.1. The van der Waals surface area contributed by atoms with Crippen molar-refractivity contribution in [2.75, 3.05) is 5.32 Å². The highest BCUT2D eigenvalue weighted by molar-refractivity contribution is 5.91. The Bertz CT molecular complexity index is 936. The molecular formula is C24H27N5O. The molecule has 154 valence electrons. The van der Waals surface area contributed by atoms with Crippen LogP contribution in [0.25, 0.3) is 11.1 Å². The zero-order valence-corrected chi connectivity index (χ0v) is 17.1. The molecule has 6 nitrogen and oxygen atoms in total. The lowest BCUT2D eigenvalue weighted by Crippen LogP contribution is -2.25. The summed E-state index contributed by atoms with van der Waals surface area (Å²) in [5.74, 6) is 0.525. The fraction of sp³-hybridized carbons (Fsp3) is 0.333. The average Bonchev–Trinajstić information content (AvgIpc) is 2.81. The van der Waals surface area contributed by atoms with Gasteiger partial charge in [-0.2, -0.15) is 0 Å². The molecule has 30 heavy (non-hydrogen) atoms. The second-order valence-corrected chi connectivity index (χ2v) is 7.78. The number of aromatic nitrogens is 3. The molecule has 0 saturated heterocycles. The van der Waals surface area contributed by atoms with Gasteiger partial charge in [-0.05, 0) is 35.6 Å². The number of carbonyl (C=O) groups excluding carboxylic acids is 1. The predicted molar refractivity (Wildman–Crippen MR) is 117 cm³/mol. The van der Waals surface area contributed by atoms with Crippen LogP contribution in [0.4, 0.5) is 5.95 Å². The zero-order valence-electron chi connectivity index (χ0n) is 17.1. The third-order valence-corrected chi connectivity index (χ3v) is 5.53. The molecule has 0 spiro atoms. The molecule has 0 bridgehead atoms. The van der Waals surface area contributed by atoms with Gasteiger partial charge in [-0.1, -0.05) is 49.6 Å². The van der Waals surface area contributed by atoms with Crippen LogP contribution in [0.2, 0.25) is 0 Å². The van der Waals surface area contributed by atoms with Gasteiger partial charge in [0.1, 0.15) is 0 Å². The van der Waals surface area contributed by atoms with E-state index in [9.17, 15) is 4.79 Å². The molecule has 2 aromatic heterocycles. The molecule has 0 unspecified atom stereocenters. The van der Waals surface area contributed by atoms with E-state index in [1.807, 2.05) is 12.3 Å². The fourth-order valence-corrected chi connectivity index (χ4v) is 3.79. The Morgan fingerprint density at radius 1 is 0.867 bits per heavy atom. The molecule has 1 aliphatic carbocycles. The second kappa shape index (κ2) is 10.1. The van der Waals surface area contributed by atoms with Gasteiger partial charge in [-0.25, -0.2) is 9.97 Å². The quantitative estimate of drug-likeness (QED) is 0.615. The van der Waals surface area contributed by atoms with Crippen LogP contribution in [-0.4, -0.2) is 20.9 Å². The van der Waals surface area contributed by atoms with Gasteiger partial charge in [0, 0.05) is 49.4 Å². The third kappa shape index (κ3) is 5.48. The molecule has 0 radical (unpaired) electrons. The minimum atomic E-state index is 0.0468. The van der Waals surface area contributed by atoms with Crippen LogP contribution < -0.4 is 10.6 Å². The highest BCUT2D eigenvalue weighted by atomic mass is 16.2. The smallest absolute Gasteiger partial charge is 0.229 e. The van der Waals surface area contributed by atoms with E-state index in [0.717, 1.165) is 49.9 Å². The Hall–Kier alpha value is -3.12. The maximum Gasteiger partial charge on any atom is 0.229 e. The minimum absolute atomic E-state index is 0.0468. The lowest BCUT2D eigenvalue weighted by Gasteiger charge is -2.20. The first-order valence-electron chi connectivity index (χ1n) is 10.6. The van der Waals surface area contributed by atoms with Crippen molar-refractivity contribution in [3.05, 3.63) is 72.3 Å². The Morgan fingerprint density at radius 3 is 2.30 bits per heavy atom. The molecule has 1 saturated carbocycles. The van der Waals surface area contributed by atoms with E-state index in [4.69, 9.17) is 0 Å². The molecule has 1 aliphatic rings. The number of nitrogens with one attached hydrogen (secondary N) is 2. The number of rotatable bonds is 7. The first-order chi connectivity index (χ1) is 14.8. The Balaban J connectivity index is 1.30. The Morgan fingerprint density at radius 2 is 1.60 bits per heavy atom. The van der Waals surface area contributed by atoms with Crippen molar-refractivity contribution in [1.82, 2.24) is 20.3 Å². The van der Waals surface area contributed by atoms with Gasteiger partial charge in [0.05, 0.1) is 0 Å². The number of anilines is 1. The van der Waals surface area contributed by atoms with Gasteiger partial charge >= 0.3 is 0 Å². The van der Waals surface area contributed by atoms with Gasteiger partial charge in [0.2, 0.25) is 11.9 Å². The standard InChI is InChI=1S/C24H27N5O/c30-23(21-6-2-1-3-7-21)29-24-27-16-22(17-28-24)20-10-8-18(9-11-20)13-26-15-19-5-4-12-25-14-19/h4-5,8-12,14,16-17,21,26H,1-3,6-7,13,15H2,(H,27,28,29,30). The first kappa shape index (κ1) is 20.2. The van der Waals surface area contributed by atoms with Crippen molar-refractivity contribution < 1.29 is 4.79 Å². The number of hydrogen-bond acceptors (Lipinski definition) is 5. The molecule has 2 N–H and O–H groups in total. The number of pyridine rings is 1. The van der Waals surface area contributed by atoms with E-state index >= 15 is 0 Å². The minimum Gasteiger partial charge on any atom is -0.309 e. The summed E-state index contributed by atoms with van der Waals surface area (Å²) in [6.45, 7) is 1.58. The number of carbonyl (C=O) groups is 1. The van der Waals surface area contributed by atoms with Gasteiger partial charge in [-0.15, -0.1) is 0 Å². The summed E-state index contributed by atoms with van der Waals surface area (Å²) >= 11 is 0. The SMILES string of the molecule is O=C(Nc1ncc(-c2ccc(CNCc3cccnc3)cc2)cn1)C1CCCCC1. The van der Waals surface area contributed by atoms with Gasteiger partial charge < -0.3 is 5.32 Å². The van der Waals surface area contributed by atoms with E-state index in [-0.39, 0.29) is 11.8 Å². The number of amides is 1. The van der Waals surface area contributed by atoms with Crippen molar-refractivity contribution in [2.45, 2.75) is 45.2 Å². The summed E-state index contributed by atoms with van der Waals surface area (Å²) in [7, 11) is 0. The number of benzene rings is 1. The lowest BCUT2D eigenvalue weighted by atomic mass is 9.89. The average molecular weight is 402 g/mol. The predicted octanol–water partition coefficient (Wildman–Crippen LogP) is 4.35. The summed E-state index contributed by atoms with van der Waals surface area (Å²) < 4.78 is 0.